The molecular formula is C7H5BrFN5. The van der Waals surface area contributed by atoms with Crippen molar-refractivity contribution in [3.63, 3.8) is 0 Å². The predicted molar refractivity (Wildman–Crippen MR) is 51.6 cm³/mol. The van der Waals surface area contributed by atoms with Crippen molar-refractivity contribution in [2.24, 2.45) is 0 Å². The van der Waals surface area contributed by atoms with Gasteiger partial charge in [-0.05, 0) is 39.3 Å². The number of rotatable bonds is 2. The zero-order valence-corrected chi connectivity index (χ0v) is 8.42. The number of anilines is 2. The minimum absolute atomic E-state index is 0.316. The molecule has 1 heterocycles. The van der Waals surface area contributed by atoms with E-state index >= 15 is 0 Å². The Hall–Kier alpha value is -1.50. The summed E-state index contributed by atoms with van der Waals surface area (Å²) in [5, 5.41) is 15.9. The Morgan fingerprint density at radius 1 is 1.43 bits per heavy atom. The summed E-state index contributed by atoms with van der Waals surface area (Å²) >= 11 is 3.07. The third-order valence-electron chi connectivity index (χ3n) is 1.52. The monoisotopic (exact) mass is 257 g/mol. The largest absolute Gasteiger partial charge is 0.322 e. The molecule has 0 unspecified atom stereocenters. The van der Waals surface area contributed by atoms with E-state index in [0.29, 0.717) is 16.1 Å². The van der Waals surface area contributed by atoms with E-state index in [0.717, 1.165) is 0 Å². The molecule has 14 heavy (non-hydrogen) atoms. The molecule has 1 aromatic carbocycles. The number of aromatic nitrogens is 4. The average Bonchev–Trinajstić information content (AvgIpc) is 2.64. The molecule has 2 N–H and O–H groups in total. The molecule has 0 aliphatic rings. The van der Waals surface area contributed by atoms with Gasteiger partial charge in [-0.1, -0.05) is 5.10 Å². The van der Waals surface area contributed by atoms with Gasteiger partial charge in [-0.2, -0.15) is 5.21 Å². The predicted octanol–water partition coefficient (Wildman–Crippen LogP) is 1.84. The first-order valence-electron chi connectivity index (χ1n) is 3.71. The van der Waals surface area contributed by atoms with E-state index < -0.39 is 0 Å². The number of benzene rings is 1. The molecule has 0 aliphatic carbocycles. The summed E-state index contributed by atoms with van der Waals surface area (Å²) in [6.45, 7) is 0. The fourth-order valence-electron chi connectivity index (χ4n) is 0.918. The van der Waals surface area contributed by atoms with E-state index in [4.69, 9.17) is 0 Å². The normalized spacial score (nSPS) is 10.1. The lowest BCUT2D eigenvalue weighted by atomic mass is 10.3. The topological polar surface area (TPSA) is 66.5 Å². The highest BCUT2D eigenvalue weighted by Crippen LogP contribution is 2.21. The zero-order valence-electron chi connectivity index (χ0n) is 6.83. The second-order valence-corrected chi connectivity index (χ2v) is 3.34. The van der Waals surface area contributed by atoms with E-state index in [1.54, 1.807) is 12.1 Å². The maximum atomic E-state index is 12.9. The molecule has 0 radical (unpaired) electrons. The van der Waals surface area contributed by atoms with Crippen molar-refractivity contribution < 1.29 is 4.39 Å². The van der Waals surface area contributed by atoms with Crippen molar-refractivity contribution >= 4 is 27.6 Å². The third-order valence-corrected chi connectivity index (χ3v) is 2.13. The second kappa shape index (κ2) is 3.70. The summed E-state index contributed by atoms with van der Waals surface area (Å²) in [5.74, 6) is 0.0205. The maximum Gasteiger partial charge on any atom is 0.267 e. The molecule has 72 valence electrons. The van der Waals surface area contributed by atoms with Crippen molar-refractivity contribution in [3.8, 4) is 0 Å². The summed E-state index contributed by atoms with van der Waals surface area (Å²) < 4.78 is 13.2. The van der Waals surface area contributed by atoms with Crippen LogP contribution in [0, 0.1) is 5.82 Å². The van der Waals surface area contributed by atoms with Crippen molar-refractivity contribution in [1.29, 1.82) is 0 Å². The molecule has 0 saturated carbocycles. The lowest BCUT2D eigenvalue weighted by molar-refractivity contribution is 0.621. The van der Waals surface area contributed by atoms with Gasteiger partial charge in [0.05, 0.1) is 4.47 Å². The smallest absolute Gasteiger partial charge is 0.267 e. The van der Waals surface area contributed by atoms with Crippen LogP contribution in [0.1, 0.15) is 0 Å². The number of nitrogens with zero attached hydrogens (tertiary/aromatic N) is 3. The minimum atomic E-state index is -0.316. The minimum Gasteiger partial charge on any atom is -0.322 e. The molecule has 2 rings (SSSR count). The van der Waals surface area contributed by atoms with Crippen LogP contribution in [0.3, 0.4) is 0 Å². The van der Waals surface area contributed by atoms with Crippen LogP contribution in [0.4, 0.5) is 16.0 Å². The number of aromatic amines is 1. The second-order valence-electron chi connectivity index (χ2n) is 2.49. The summed E-state index contributed by atoms with van der Waals surface area (Å²) in [5.41, 5.74) is 0.680. The highest BCUT2D eigenvalue weighted by atomic mass is 79.9. The molecule has 0 aliphatic heterocycles. The number of hydrogen-bond acceptors (Lipinski definition) is 4. The standard InChI is InChI=1S/C7H5BrFN5/c8-5-3-4(1-2-6(5)9)10-7-11-13-14-12-7/h1-3H,(H2,10,11,12,13,14). The molecule has 0 amide bonds. The summed E-state index contributed by atoms with van der Waals surface area (Å²) in [6, 6.07) is 4.51. The molecule has 0 bridgehead atoms. The number of H-pyrrole nitrogens is 1. The van der Waals surface area contributed by atoms with Gasteiger partial charge in [-0.25, -0.2) is 4.39 Å². The lowest BCUT2D eigenvalue weighted by Gasteiger charge is -2.01. The van der Waals surface area contributed by atoms with E-state index in [9.17, 15) is 4.39 Å². The molecule has 7 heteroatoms. The fourth-order valence-corrected chi connectivity index (χ4v) is 1.30. The fraction of sp³-hybridized carbons (Fsp3) is 0. The number of halogens is 2. The first-order chi connectivity index (χ1) is 6.75. The van der Waals surface area contributed by atoms with E-state index in [1.165, 1.54) is 6.07 Å². The van der Waals surface area contributed by atoms with Crippen molar-refractivity contribution in [2.45, 2.75) is 0 Å². The Labute approximate surface area is 86.8 Å². The van der Waals surface area contributed by atoms with Crippen LogP contribution in [0.5, 0.6) is 0 Å². The Balaban J connectivity index is 2.22. The van der Waals surface area contributed by atoms with Gasteiger partial charge in [0.1, 0.15) is 5.82 Å². The summed E-state index contributed by atoms with van der Waals surface area (Å²) in [6.07, 6.45) is 0. The van der Waals surface area contributed by atoms with Gasteiger partial charge in [-0.15, -0.1) is 5.10 Å². The Morgan fingerprint density at radius 2 is 2.29 bits per heavy atom. The van der Waals surface area contributed by atoms with E-state index in [-0.39, 0.29) is 5.82 Å². The Morgan fingerprint density at radius 3 is 2.93 bits per heavy atom. The van der Waals surface area contributed by atoms with Crippen LogP contribution >= 0.6 is 15.9 Å². The molecule has 0 spiro atoms. The van der Waals surface area contributed by atoms with Crippen LogP contribution < -0.4 is 5.32 Å². The molecular weight excluding hydrogens is 253 g/mol. The number of tetrazole rings is 1. The average molecular weight is 258 g/mol. The molecule has 0 fully saturated rings. The molecule has 0 atom stereocenters. The maximum absolute atomic E-state index is 12.9. The molecule has 2 aromatic rings. The third kappa shape index (κ3) is 1.87. The van der Waals surface area contributed by atoms with Crippen molar-refractivity contribution in [1.82, 2.24) is 20.6 Å². The lowest BCUT2D eigenvalue weighted by Crippen LogP contribution is -1.93. The highest BCUT2D eigenvalue weighted by molar-refractivity contribution is 9.10. The van der Waals surface area contributed by atoms with Gasteiger partial charge in [0, 0.05) is 5.69 Å². The van der Waals surface area contributed by atoms with Gasteiger partial charge in [0.25, 0.3) is 5.95 Å². The first-order valence-corrected chi connectivity index (χ1v) is 4.50. The van der Waals surface area contributed by atoms with Crippen molar-refractivity contribution in [3.05, 3.63) is 28.5 Å². The highest BCUT2D eigenvalue weighted by Gasteiger charge is 2.02. The van der Waals surface area contributed by atoms with E-state index in [2.05, 4.69) is 41.9 Å². The van der Waals surface area contributed by atoms with Gasteiger partial charge in [0.15, 0.2) is 0 Å². The van der Waals surface area contributed by atoms with Crippen LogP contribution in [0.2, 0.25) is 0 Å². The van der Waals surface area contributed by atoms with Crippen molar-refractivity contribution in [2.75, 3.05) is 5.32 Å². The SMILES string of the molecule is Fc1ccc(Nc2nn[nH]n2)cc1Br. The summed E-state index contributed by atoms with van der Waals surface area (Å²) in [4.78, 5) is 0. The molecule has 1 aromatic heterocycles. The summed E-state index contributed by atoms with van der Waals surface area (Å²) in [7, 11) is 0. The number of nitrogens with one attached hydrogen (secondary N) is 2. The van der Waals surface area contributed by atoms with Crippen LogP contribution in [0.15, 0.2) is 22.7 Å². The van der Waals surface area contributed by atoms with Crippen LogP contribution in [0.25, 0.3) is 0 Å². The molecule has 0 saturated heterocycles. The van der Waals surface area contributed by atoms with Gasteiger partial charge in [-0.3, -0.25) is 0 Å². The molecule has 5 nitrogen and oxygen atoms in total. The zero-order chi connectivity index (χ0) is 9.97. The van der Waals surface area contributed by atoms with Gasteiger partial charge >= 0.3 is 0 Å². The first kappa shape index (κ1) is 9.07. The van der Waals surface area contributed by atoms with Gasteiger partial charge in [0.2, 0.25) is 0 Å². The Bertz CT molecular complexity index is 430. The van der Waals surface area contributed by atoms with Gasteiger partial charge < -0.3 is 5.32 Å². The quantitative estimate of drug-likeness (QED) is 0.862. The number of hydrogen-bond donors (Lipinski definition) is 2. The van der Waals surface area contributed by atoms with E-state index in [1.807, 2.05) is 0 Å². The van der Waals surface area contributed by atoms with Crippen LogP contribution in [-0.4, -0.2) is 20.6 Å². The van der Waals surface area contributed by atoms with Crippen LogP contribution in [-0.2, 0) is 0 Å². The Kier molecular flexibility index (Phi) is 2.40.